The summed E-state index contributed by atoms with van der Waals surface area (Å²) in [5, 5.41) is 13.8. The Morgan fingerprint density at radius 1 is 1.20 bits per heavy atom. The molecule has 35 heavy (non-hydrogen) atoms. The van der Waals surface area contributed by atoms with E-state index in [4.69, 9.17) is 0 Å². The summed E-state index contributed by atoms with van der Waals surface area (Å²) in [6.07, 6.45) is 2.39. The lowest BCUT2D eigenvalue weighted by molar-refractivity contribution is -0.128. The number of pyridine rings is 1. The van der Waals surface area contributed by atoms with Crippen LogP contribution < -0.4 is 10.6 Å². The van der Waals surface area contributed by atoms with Gasteiger partial charge in [-0.15, -0.1) is 10.2 Å². The van der Waals surface area contributed by atoms with Gasteiger partial charge in [-0.2, -0.15) is 0 Å². The molecule has 0 aliphatic heterocycles. The molecule has 1 aliphatic carbocycles. The van der Waals surface area contributed by atoms with Crippen LogP contribution in [-0.2, 0) is 4.79 Å². The third-order valence-corrected chi connectivity index (χ3v) is 6.14. The van der Waals surface area contributed by atoms with Crippen LogP contribution in [0.2, 0.25) is 0 Å². The minimum absolute atomic E-state index is 0.0153. The summed E-state index contributed by atoms with van der Waals surface area (Å²) in [5.41, 5.74) is 1.62. The molecule has 0 spiro atoms. The highest BCUT2D eigenvalue weighted by Crippen LogP contribution is 2.43. The summed E-state index contributed by atoms with van der Waals surface area (Å²) in [6, 6.07) is 8.26. The van der Waals surface area contributed by atoms with Crippen molar-refractivity contribution in [3.8, 4) is 11.5 Å². The Kier molecular flexibility index (Phi) is 6.44. The maximum atomic E-state index is 14.8. The third-order valence-electron chi connectivity index (χ3n) is 6.14. The highest BCUT2D eigenvalue weighted by Gasteiger charge is 2.42. The Hall–Kier alpha value is -3.62. The molecule has 2 unspecified atom stereocenters. The lowest BCUT2D eigenvalue weighted by atomic mass is 9.95. The lowest BCUT2D eigenvalue weighted by Gasteiger charge is -2.18. The van der Waals surface area contributed by atoms with Gasteiger partial charge in [0.1, 0.15) is 23.7 Å². The maximum absolute atomic E-state index is 14.8. The number of carbonyl (C=O) groups is 2. The van der Waals surface area contributed by atoms with Crippen LogP contribution in [-0.4, -0.2) is 37.6 Å². The summed E-state index contributed by atoms with van der Waals surface area (Å²) in [4.78, 5) is 29.8. The molecule has 2 atom stereocenters. The summed E-state index contributed by atoms with van der Waals surface area (Å²) in [7, 11) is 0. The quantitative estimate of drug-likeness (QED) is 0.537. The van der Waals surface area contributed by atoms with Crippen LogP contribution in [0.1, 0.15) is 74.5 Å². The molecule has 1 aliphatic rings. The van der Waals surface area contributed by atoms with Crippen LogP contribution in [0.15, 0.2) is 36.7 Å². The van der Waals surface area contributed by atoms with Gasteiger partial charge >= 0.3 is 0 Å². The highest BCUT2D eigenvalue weighted by atomic mass is 19.1. The summed E-state index contributed by atoms with van der Waals surface area (Å²) in [5.74, 6) is -0.296. The van der Waals surface area contributed by atoms with Gasteiger partial charge in [0.05, 0.1) is 5.56 Å². The number of rotatable bonds is 6. The number of nitrogens with one attached hydrogen (secondary N) is 2. The van der Waals surface area contributed by atoms with Gasteiger partial charge in [0.25, 0.3) is 5.91 Å². The molecular formula is C26H31FN6O2. The van der Waals surface area contributed by atoms with Gasteiger partial charge in [-0.05, 0) is 62.6 Å². The van der Waals surface area contributed by atoms with Crippen molar-refractivity contribution in [1.82, 2.24) is 25.1 Å². The SMILES string of the molecule is Cc1cc(F)c(C(=O)Nc2cccc(-c3nncn3C(C)C)n2)cc1C1CC1NC(=O)C(C)(C)C. The number of amides is 2. The number of nitrogens with zero attached hydrogens (tertiary/aromatic N) is 4. The van der Waals surface area contributed by atoms with Crippen molar-refractivity contribution in [2.75, 3.05) is 5.32 Å². The van der Waals surface area contributed by atoms with Crippen LogP contribution in [0.5, 0.6) is 0 Å². The largest absolute Gasteiger partial charge is 0.352 e. The number of carbonyl (C=O) groups excluding carboxylic acids is 2. The molecule has 3 aromatic rings. The van der Waals surface area contributed by atoms with Crippen molar-refractivity contribution in [2.24, 2.45) is 5.41 Å². The molecule has 2 N–H and O–H groups in total. The van der Waals surface area contributed by atoms with Crippen molar-refractivity contribution in [2.45, 2.75) is 66.0 Å². The van der Waals surface area contributed by atoms with Crippen LogP contribution >= 0.6 is 0 Å². The fraction of sp³-hybridized carbons (Fsp3) is 0.423. The number of anilines is 1. The molecule has 1 saturated carbocycles. The molecular weight excluding hydrogens is 447 g/mol. The first-order chi connectivity index (χ1) is 16.5. The molecule has 9 heteroatoms. The summed E-state index contributed by atoms with van der Waals surface area (Å²) in [6.45, 7) is 11.4. The first kappa shape index (κ1) is 24.5. The number of aryl methyl sites for hydroxylation is 1. The second-order valence-corrected chi connectivity index (χ2v) is 10.4. The second-order valence-electron chi connectivity index (χ2n) is 10.4. The molecule has 0 radical (unpaired) electrons. The van der Waals surface area contributed by atoms with E-state index in [1.54, 1.807) is 30.6 Å². The van der Waals surface area contributed by atoms with E-state index in [1.807, 2.05) is 46.1 Å². The van der Waals surface area contributed by atoms with Crippen LogP contribution in [0.25, 0.3) is 11.5 Å². The first-order valence-electron chi connectivity index (χ1n) is 11.7. The zero-order valence-electron chi connectivity index (χ0n) is 20.9. The standard InChI is InChI=1S/C26H31FN6O2/c1-14(2)33-13-28-32-23(33)20-8-7-9-22(29-20)31-24(34)18-11-16(15(3)10-19(18)27)17-12-21(17)30-25(35)26(4,5)6/h7-11,13-14,17,21H,12H2,1-6H3,(H,30,35)(H,29,31,34). The van der Waals surface area contributed by atoms with E-state index in [0.717, 1.165) is 17.5 Å². The molecule has 1 fully saturated rings. The molecule has 4 rings (SSSR count). The monoisotopic (exact) mass is 478 g/mol. The highest BCUT2D eigenvalue weighted by molar-refractivity contribution is 6.04. The van der Waals surface area contributed by atoms with E-state index in [9.17, 15) is 14.0 Å². The Balaban J connectivity index is 1.53. The van der Waals surface area contributed by atoms with Gasteiger partial charge in [0.2, 0.25) is 5.91 Å². The first-order valence-corrected chi connectivity index (χ1v) is 11.7. The molecule has 0 bridgehead atoms. The maximum Gasteiger partial charge on any atom is 0.259 e. The lowest BCUT2D eigenvalue weighted by Crippen LogP contribution is -2.36. The Morgan fingerprint density at radius 3 is 2.63 bits per heavy atom. The summed E-state index contributed by atoms with van der Waals surface area (Å²) < 4.78 is 16.7. The van der Waals surface area contributed by atoms with Crippen molar-refractivity contribution in [1.29, 1.82) is 0 Å². The van der Waals surface area contributed by atoms with E-state index < -0.39 is 17.1 Å². The van der Waals surface area contributed by atoms with Crippen LogP contribution in [0.3, 0.4) is 0 Å². The van der Waals surface area contributed by atoms with E-state index in [0.29, 0.717) is 11.5 Å². The van der Waals surface area contributed by atoms with Gasteiger partial charge in [0, 0.05) is 23.4 Å². The molecule has 2 heterocycles. The Labute approximate surface area is 204 Å². The average molecular weight is 479 g/mol. The predicted molar refractivity (Wildman–Crippen MR) is 131 cm³/mol. The molecule has 184 valence electrons. The van der Waals surface area contributed by atoms with Gasteiger partial charge < -0.3 is 15.2 Å². The topological polar surface area (TPSA) is 102 Å². The smallest absolute Gasteiger partial charge is 0.259 e. The third kappa shape index (κ3) is 5.23. The Morgan fingerprint density at radius 2 is 1.94 bits per heavy atom. The number of halogens is 1. The van der Waals surface area contributed by atoms with Crippen molar-refractivity contribution in [3.05, 3.63) is 59.2 Å². The zero-order valence-corrected chi connectivity index (χ0v) is 20.9. The molecule has 0 saturated heterocycles. The van der Waals surface area contributed by atoms with Crippen LogP contribution in [0, 0.1) is 18.2 Å². The minimum Gasteiger partial charge on any atom is -0.352 e. The second kappa shape index (κ2) is 9.20. The van der Waals surface area contributed by atoms with Crippen molar-refractivity contribution >= 4 is 17.6 Å². The molecule has 2 aromatic heterocycles. The van der Waals surface area contributed by atoms with E-state index in [1.165, 1.54) is 6.07 Å². The van der Waals surface area contributed by atoms with Gasteiger partial charge in [-0.1, -0.05) is 26.8 Å². The normalized spacial score (nSPS) is 17.4. The molecule has 8 nitrogen and oxygen atoms in total. The fourth-order valence-corrected chi connectivity index (χ4v) is 3.96. The number of hydrogen-bond acceptors (Lipinski definition) is 5. The molecule has 1 aromatic carbocycles. The van der Waals surface area contributed by atoms with E-state index in [2.05, 4.69) is 25.8 Å². The van der Waals surface area contributed by atoms with Crippen LogP contribution in [0.4, 0.5) is 10.2 Å². The van der Waals surface area contributed by atoms with Crippen molar-refractivity contribution < 1.29 is 14.0 Å². The van der Waals surface area contributed by atoms with Gasteiger partial charge in [-0.3, -0.25) is 9.59 Å². The fourth-order valence-electron chi connectivity index (χ4n) is 3.96. The van der Waals surface area contributed by atoms with E-state index in [-0.39, 0.29) is 35.3 Å². The number of hydrogen-bond donors (Lipinski definition) is 2. The van der Waals surface area contributed by atoms with Gasteiger partial charge in [0.15, 0.2) is 5.82 Å². The number of benzene rings is 1. The molecule has 2 amide bonds. The minimum atomic E-state index is -0.601. The number of aromatic nitrogens is 4. The van der Waals surface area contributed by atoms with E-state index >= 15 is 0 Å². The zero-order chi connectivity index (χ0) is 25.5. The average Bonchev–Trinajstić information content (AvgIpc) is 3.33. The predicted octanol–water partition coefficient (Wildman–Crippen LogP) is 4.64. The summed E-state index contributed by atoms with van der Waals surface area (Å²) >= 11 is 0. The van der Waals surface area contributed by atoms with Gasteiger partial charge in [-0.25, -0.2) is 9.37 Å². The Bertz CT molecular complexity index is 1280. The van der Waals surface area contributed by atoms with Crippen molar-refractivity contribution in [3.63, 3.8) is 0 Å².